The summed E-state index contributed by atoms with van der Waals surface area (Å²) in [5.41, 5.74) is 6.62. The van der Waals surface area contributed by atoms with Gasteiger partial charge in [0.25, 0.3) is 0 Å². The number of aryl methyl sites for hydroxylation is 3. The molecule has 1 aromatic carbocycles. The Labute approximate surface area is 165 Å². The normalized spacial score (nSPS) is 15.6. The van der Waals surface area contributed by atoms with Gasteiger partial charge < -0.3 is 14.9 Å². The Morgan fingerprint density at radius 1 is 1.11 bits per heavy atom. The van der Waals surface area contributed by atoms with Gasteiger partial charge in [0, 0.05) is 18.1 Å². The Morgan fingerprint density at radius 3 is 2.75 bits per heavy atom. The molecule has 5 rings (SSSR count). The molecule has 0 bridgehead atoms. The van der Waals surface area contributed by atoms with E-state index in [4.69, 9.17) is 9.97 Å². The summed E-state index contributed by atoms with van der Waals surface area (Å²) < 4.78 is 2.43. The van der Waals surface area contributed by atoms with E-state index in [1.165, 1.54) is 35.7 Å². The Morgan fingerprint density at radius 2 is 1.96 bits per heavy atom. The number of fused-ring (bicyclic) bond motifs is 3. The van der Waals surface area contributed by atoms with Crippen LogP contribution in [0.2, 0.25) is 0 Å². The quantitative estimate of drug-likeness (QED) is 0.550. The number of hydrogen-bond donors (Lipinski definition) is 2. The number of H-pyrrole nitrogens is 1. The zero-order valence-corrected chi connectivity index (χ0v) is 16.6. The van der Waals surface area contributed by atoms with Crippen molar-refractivity contribution in [3.8, 4) is 11.5 Å². The molecule has 1 aliphatic rings. The maximum Gasteiger partial charge on any atom is 0.157 e. The van der Waals surface area contributed by atoms with Crippen molar-refractivity contribution in [2.45, 2.75) is 39.7 Å². The number of nitrogens with zero attached hydrogens (tertiary/aromatic N) is 3. The molecule has 2 N–H and O–H groups in total. The Kier molecular flexibility index (Phi) is 4.40. The molecule has 4 aromatic rings. The lowest BCUT2D eigenvalue weighted by Gasteiger charge is -2.23. The summed E-state index contributed by atoms with van der Waals surface area (Å²) in [5.74, 6) is 1.80. The number of benzene rings is 1. The highest BCUT2D eigenvalue weighted by molar-refractivity contribution is 6.04. The Balaban J connectivity index is 1.69. The smallest absolute Gasteiger partial charge is 0.157 e. The van der Waals surface area contributed by atoms with Crippen LogP contribution < -0.4 is 5.32 Å². The molecule has 0 spiro atoms. The minimum atomic E-state index is 0.784. The summed E-state index contributed by atoms with van der Waals surface area (Å²) in [7, 11) is 0. The molecule has 5 nitrogen and oxygen atoms in total. The van der Waals surface area contributed by atoms with Gasteiger partial charge in [0.2, 0.25) is 0 Å². The third-order valence-electron chi connectivity index (χ3n) is 6.07. The molecular weight excluding hydrogens is 346 g/mol. The predicted molar refractivity (Wildman–Crippen MR) is 115 cm³/mol. The van der Waals surface area contributed by atoms with Gasteiger partial charge in [-0.25, -0.2) is 4.98 Å². The fourth-order valence-electron chi connectivity index (χ4n) is 4.52. The third kappa shape index (κ3) is 3.00. The van der Waals surface area contributed by atoms with E-state index in [1.54, 1.807) is 0 Å². The van der Waals surface area contributed by atoms with E-state index >= 15 is 0 Å². The summed E-state index contributed by atoms with van der Waals surface area (Å²) in [6.45, 7) is 7.47. The first kappa shape index (κ1) is 17.4. The molecule has 0 amide bonds. The predicted octanol–water partition coefficient (Wildman–Crippen LogP) is 4.59. The maximum atomic E-state index is 5.05. The molecule has 1 saturated heterocycles. The highest BCUT2D eigenvalue weighted by Gasteiger charge is 2.20. The fourth-order valence-corrected chi connectivity index (χ4v) is 4.52. The molecule has 28 heavy (non-hydrogen) atoms. The lowest BCUT2D eigenvalue weighted by Crippen LogP contribution is -2.28. The van der Waals surface area contributed by atoms with Gasteiger partial charge in [-0.2, -0.15) is 0 Å². The number of nitrogens with one attached hydrogen (secondary N) is 2. The van der Waals surface area contributed by atoms with E-state index in [0.29, 0.717) is 0 Å². The first-order chi connectivity index (χ1) is 13.7. The van der Waals surface area contributed by atoms with Crippen molar-refractivity contribution in [3.05, 3.63) is 47.8 Å². The van der Waals surface area contributed by atoms with E-state index in [1.807, 2.05) is 12.3 Å². The number of hydrogen-bond acceptors (Lipinski definition) is 3. The van der Waals surface area contributed by atoms with E-state index in [2.05, 4.69) is 53.0 Å². The van der Waals surface area contributed by atoms with Crippen molar-refractivity contribution >= 4 is 21.9 Å². The first-order valence-electron chi connectivity index (χ1n) is 10.3. The molecule has 1 fully saturated rings. The zero-order chi connectivity index (χ0) is 19.1. The molecule has 0 radical (unpaired) electrons. The van der Waals surface area contributed by atoms with Gasteiger partial charge in [0.05, 0.1) is 22.4 Å². The van der Waals surface area contributed by atoms with Gasteiger partial charge in [0.1, 0.15) is 5.52 Å². The number of pyridine rings is 1. The molecule has 5 heteroatoms. The van der Waals surface area contributed by atoms with Crippen molar-refractivity contribution in [2.75, 3.05) is 13.1 Å². The van der Waals surface area contributed by atoms with E-state index in [0.717, 1.165) is 53.8 Å². The molecule has 144 valence electrons. The van der Waals surface area contributed by atoms with Gasteiger partial charge in [-0.15, -0.1) is 0 Å². The SMILES string of the molecule is Cc1ccc2c(c1)nc(C)c1nc(-c3ccc[nH]3)n(CCC3CCNCC3)c12. The summed E-state index contributed by atoms with van der Waals surface area (Å²) >= 11 is 0. The van der Waals surface area contributed by atoms with E-state index in [9.17, 15) is 0 Å². The largest absolute Gasteiger partial charge is 0.359 e. The van der Waals surface area contributed by atoms with Crippen LogP contribution in [0.3, 0.4) is 0 Å². The van der Waals surface area contributed by atoms with Crippen molar-refractivity contribution in [1.29, 1.82) is 0 Å². The Hall–Kier alpha value is -2.66. The summed E-state index contributed by atoms with van der Waals surface area (Å²) in [6.07, 6.45) is 5.70. The standard InChI is InChI=1S/C23H27N5/c1-15-5-6-18-20(14-15)26-16(2)21-22(18)28(13-9-17-7-11-24-12-8-17)23(27-21)19-4-3-10-25-19/h3-6,10,14,17,24-25H,7-9,11-13H2,1-2H3. The van der Waals surface area contributed by atoms with Crippen molar-refractivity contribution in [1.82, 2.24) is 24.8 Å². The molecule has 0 aliphatic carbocycles. The van der Waals surface area contributed by atoms with Crippen LogP contribution in [0.25, 0.3) is 33.5 Å². The second-order valence-corrected chi connectivity index (χ2v) is 8.07. The van der Waals surface area contributed by atoms with Gasteiger partial charge in [0.15, 0.2) is 5.82 Å². The van der Waals surface area contributed by atoms with Crippen LogP contribution in [-0.2, 0) is 6.54 Å². The molecule has 3 aromatic heterocycles. The van der Waals surface area contributed by atoms with Crippen LogP contribution in [-0.4, -0.2) is 32.6 Å². The lowest BCUT2D eigenvalue weighted by atomic mass is 9.94. The topological polar surface area (TPSA) is 58.5 Å². The summed E-state index contributed by atoms with van der Waals surface area (Å²) in [4.78, 5) is 13.3. The minimum absolute atomic E-state index is 0.784. The van der Waals surface area contributed by atoms with Crippen molar-refractivity contribution in [2.24, 2.45) is 5.92 Å². The van der Waals surface area contributed by atoms with Crippen LogP contribution in [0.15, 0.2) is 36.5 Å². The maximum absolute atomic E-state index is 5.05. The highest BCUT2D eigenvalue weighted by Crippen LogP contribution is 2.32. The molecule has 4 heterocycles. The monoisotopic (exact) mass is 373 g/mol. The van der Waals surface area contributed by atoms with Crippen LogP contribution >= 0.6 is 0 Å². The van der Waals surface area contributed by atoms with Gasteiger partial charge >= 0.3 is 0 Å². The third-order valence-corrected chi connectivity index (χ3v) is 6.07. The van der Waals surface area contributed by atoms with Gasteiger partial charge in [-0.05, 0) is 75.9 Å². The average Bonchev–Trinajstić information content (AvgIpc) is 3.35. The van der Waals surface area contributed by atoms with Crippen LogP contribution in [0, 0.1) is 19.8 Å². The van der Waals surface area contributed by atoms with Crippen LogP contribution in [0.1, 0.15) is 30.5 Å². The first-order valence-corrected chi connectivity index (χ1v) is 10.3. The zero-order valence-electron chi connectivity index (χ0n) is 16.6. The number of aromatic amines is 1. The van der Waals surface area contributed by atoms with Gasteiger partial charge in [-0.3, -0.25) is 4.98 Å². The fraction of sp³-hybridized carbons (Fsp3) is 0.391. The Bertz CT molecular complexity index is 1120. The number of rotatable bonds is 4. The molecule has 0 saturated carbocycles. The van der Waals surface area contributed by atoms with Crippen molar-refractivity contribution < 1.29 is 0 Å². The minimum Gasteiger partial charge on any atom is -0.359 e. The van der Waals surface area contributed by atoms with Crippen LogP contribution in [0.5, 0.6) is 0 Å². The highest BCUT2D eigenvalue weighted by atomic mass is 15.1. The second-order valence-electron chi connectivity index (χ2n) is 8.07. The van der Waals surface area contributed by atoms with E-state index < -0.39 is 0 Å². The molecule has 0 atom stereocenters. The lowest BCUT2D eigenvalue weighted by molar-refractivity contribution is 0.340. The number of piperidine rings is 1. The second kappa shape index (κ2) is 7.06. The van der Waals surface area contributed by atoms with E-state index in [-0.39, 0.29) is 0 Å². The van der Waals surface area contributed by atoms with Gasteiger partial charge in [-0.1, -0.05) is 12.1 Å². The average molecular weight is 374 g/mol. The summed E-state index contributed by atoms with van der Waals surface area (Å²) in [5, 5.41) is 4.67. The van der Waals surface area contributed by atoms with Crippen LogP contribution in [0.4, 0.5) is 0 Å². The number of aromatic nitrogens is 4. The van der Waals surface area contributed by atoms with Crippen molar-refractivity contribution in [3.63, 3.8) is 0 Å². The molecular formula is C23H27N5. The summed E-state index contributed by atoms with van der Waals surface area (Å²) in [6, 6.07) is 10.7. The molecule has 1 aliphatic heterocycles. The molecule has 0 unspecified atom stereocenters. The number of imidazole rings is 1.